The SMILES string of the molecule is COO[C-]=O.Cc1cc(C)cc(-c2ncc(-c3c(C)cccc3C)nc2-c2cc(C)cc(C)c2)c1.Cc1cc(C)cc(-c2ncc(Cl)nc2-c2cc(C)cc(C)c2)c1.Cc1cccc(C)c1O[B]O.N[C-]=O.[Cl][Pd][Cl].[Na].[Na].c1ccc(P(c2ccccc2)c2ccccc2)cc1.c1ccc(P(c2ccccc2)c2ccccc2)cc1. The van der Waals surface area contributed by atoms with Crippen molar-refractivity contribution in [1.29, 1.82) is 0 Å². The van der Waals surface area contributed by atoms with Gasteiger partial charge in [-0.05, 0) is 208 Å². The molecule has 2 aromatic heterocycles. The molecule has 1 amide bonds. The summed E-state index contributed by atoms with van der Waals surface area (Å²) in [6, 6.07) is 103. The van der Waals surface area contributed by atoms with E-state index in [0.29, 0.717) is 12.8 Å². The van der Waals surface area contributed by atoms with Gasteiger partial charge >= 0.3 is 42.7 Å². The summed E-state index contributed by atoms with van der Waals surface area (Å²) >= 11 is 6.02. The zero-order chi connectivity index (χ0) is 81.6. The molecule has 2 heterocycles. The minimum Gasteiger partial charge on any atom is -0.0622 e. The van der Waals surface area contributed by atoms with Crippen molar-refractivity contribution in [3.05, 3.63) is 375 Å². The summed E-state index contributed by atoms with van der Waals surface area (Å²) in [5.41, 5.74) is 28.3. The summed E-state index contributed by atoms with van der Waals surface area (Å²) in [5, 5.41) is 17.2. The molecule has 12 aromatic carbocycles. The normalized spacial score (nSPS) is 10.0. The van der Waals surface area contributed by atoms with Gasteiger partial charge < -0.3 is 29.9 Å². The Bertz CT molecular complexity index is 4850. The number of hydrogen-bond acceptors (Lipinski definition) is 10. The summed E-state index contributed by atoms with van der Waals surface area (Å²) in [6.07, 6.45) is 4.54. The molecule has 3 radical (unpaired) electrons. The first-order chi connectivity index (χ1) is 54.6. The number of carbonyl (C=O) groups excluding carboxylic acids is 2. The van der Waals surface area contributed by atoms with Crippen molar-refractivity contribution in [3.63, 3.8) is 0 Å². The number of halogens is 3. The van der Waals surface area contributed by atoms with Crippen LogP contribution in [0.15, 0.2) is 304 Å². The number of nitrogens with zero attached hydrogens (tertiary/aromatic N) is 4. The molecule has 0 atom stereocenters. The van der Waals surface area contributed by atoms with E-state index in [0.717, 1.165) is 80.5 Å². The summed E-state index contributed by atoms with van der Waals surface area (Å²) in [6.45, 7) is 26.1. The van der Waals surface area contributed by atoms with Crippen molar-refractivity contribution < 1.29 is 45.0 Å². The van der Waals surface area contributed by atoms with Crippen LogP contribution in [0.5, 0.6) is 5.75 Å². The Hall–Kier alpha value is -8.08. The van der Waals surface area contributed by atoms with Crippen LogP contribution in [0.25, 0.3) is 56.3 Å². The third-order valence-electron chi connectivity index (χ3n) is 17.0. The molecule has 115 heavy (non-hydrogen) atoms. The molecule has 0 saturated carbocycles. The molecule has 0 aliphatic rings. The van der Waals surface area contributed by atoms with Crippen LogP contribution in [0.3, 0.4) is 0 Å². The van der Waals surface area contributed by atoms with E-state index in [-0.39, 0.29) is 75.1 Å². The van der Waals surface area contributed by atoms with E-state index < -0.39 is 15.8 Å². The standard InChI is InChI=1S/C28H28N2.C20H19ClN2.2C18H15P.C8H10BO2.C2H3O3.CH2NO.2ClH.2Na.Pd/c1-17-10-18(2)13-23(12-17)27-28(24-14-19(3)11-20(4)15-24)30-25(16-29-27)26-21(5)8-7-9-22(26)6;1-12-5-13(2)8-16(7-12)19-20(23-18(21)11-22-19)17-9-14(3)6-15(4)10-17;2*1-4-10-16(11-5-1)19(17-12-6-2-7-13-17)18-14-8-3-9-15-18;1-6-4-3-5-7(2)8(6)11-9-10;1-4-5-2-3;2-1-3;;;;;/h7-16H,1-6H3;5-11H,1-4H3;2*1-15H;3-5,10H,1-2H3;1H3;(H2,2,3);2*1H;;;/q;;;;;2*-1;;;;;+2/p-2. The van der Waals surface area contributed by atoms with Gasteiger partial charge in [0.25, 0.3) is 0 Å². The van der Waals surface area contributed by atoms with Gasteiger partial charge in [-0.25, -0.2) is 14.9 Å². The summed E-state index contributed by atoms with van der Waals surface area (Å²) in [7, 11) is 10.7. The van der Waals surface area contributed by atoms with E-state index >= 15 is 0 Å². The van der Waals surface area contributed by atoms with Gasteiger partial charge in [-0.2, -0.15) is 6.41 Å². The van der Waals surface area contributed by atoms with Gasteiger partial charge in [-0.15, -0.1) is 0 Å². The van der Waals surface area contributed by atoms with Crippen LogP contribution in [0.4, 0.5) is 0 Å². The maximum absolute atomic E-state index is 8.93. The maximum Gasteiger partial charge on any atom is 0 e. The molecular weight excluding hydrogens is 1640 g/mol. The van der Waals surface area contributed by atoms with Crippen LogP contribution in [0.2, 0.25) is 5.15 Å². The molecule has 14 rings (SSSR count). The Kier molecular flexibility index (Phi) is 44.6. The van der Waals surface area contributed by atoms with E-state index in [2.05, 4.69) is 368 Å². The average molecular weight is 1730 g/mol. The predicted octanol–water partition coefficient (Wildman–Crippen LogP) is 20.4. The largest absolute Gasteiger partial charge is 0.0622 e. The van der Waals surface area contributed by atoms with E-state index in [1.54, 1.807) is 6.20 Å². The van der Waals surface area contributed by atoms with Gasteiger partial charge in [-0.3, -0.25) is 9.97 Å². The minimum atomic E-state index is -0.446. The van der Waals surface area contributed by atoms with E-state index in [4.69, 9.17) is 59.9 Å². The second-order valence-corrected chi connectivity index (χ2v) is 33.4. The van der Waals surface area contributed by atoms with Crippen LogP contribution in [0.1, 0.15) is 66.8 Å². The predicted molar refractivity (Wildman–Crippen MR) is 485 cm³/mol. The smallest absolute Gasteiger partial charge is 0 e. The second-order valence-electron chi connectivity index (χ2n) is 26.2. The molecule has 11 nitrogen and oxygen atoms in total. The Morgan fingerprint density at radius 1 is 0.383 bits per heavy atom. The van der Waals surface area contributed by atoms with E-state index in [1.807, 2.05) is 38.2 Å². The maximum atomic E-state index is 8.93. The number of para-hydroxylation sites is 1. The molecule has 0 unspecified atom stereocenters. The summed E-state index contributed by atoms with van der Waals surface area (Å²) in [5.74, 6) is 0.731. The fraction of sp³-hybridized carbons (Fsp3) is 0.137. The Labute approximate surface area is 748 Å². The van der Waals surface area contributed by atoms with Crippen LogP contribution in [0, 0.1) is 83.1 Å². The second kappa shape index (κ2) is 52.6. The van der Waals surface area contributed by atoms with Crippen molar-refractivity contribution in [3.8, 4) is 62.0 Å². The fourth-order valence-corrected chi connectivity index (χ4v) is 17.5. The first kappa shape index (κ1) is 97.5. The van der Waals surface area contributed by atoms with Gasteiger partial charge in [0.2, 0.25) is 0 Å². The molecule has 3 N–H and O–H groups in total. The fourth-order valence-electron chi connectivity index (χ4n) is 12.8. The van der Waals surface area contributed by atoms with Gasteiger partial charge in [0.1, 0.15) is 10.9 Å². The molecule has 0 aliphatic carbocycles. The third-order valence-corrected chi connectivity index (χ3v) is 22.1. The molecule has 20 heteroatoms. The molecule has 0 fully saturated rings. The molecule has 581 valence electrons. The van der Waals surface area contributed by atoms with Crippen LogP contribution in [-0.4, -0.2) is 112 Å². The Morgan fingerprint density at radius 3 is 0.887 bits per heavy atom. The topological polar surface area (TPSA) is 160 Å². The van der Waals surface area contributed by atoms with Crippen molar-refractivity contribution in [2.75, 3.05) is 7.11 Å². The number of primary amides is 1. The molecule has 0 aliphatic heterocycles. The van der Waals surface area contributed by atoms with E-state index in [1.165, 1.54) is 100 Å². The van der Waals surface area contributed by atoms with Gasteiger partial charge in [0.05, 0.1) is 48.0 Å². The molecular formula is C95H92BCl3N5Na2O6P2Pd-2. The zero-order valence-corrected chi connectivity index (χ0v) is 77.3. The number of aryl methyl sites for hydroxylation is 12. The average Bonchev–Trinajstić information content (AvgIpc) is 0.782. The van der Waals surface area contributed by atoms with Gasteiger partial charge in [0.15, 0.2) is 0 Å². The van der Waals surface area contributed by atoms with Crippen molar-refractivity contribution in [1.82, 2.24) is 19.9 Å². The van der Waals surface area contributed by atoms with E-state index in [9.17, 15) is 0 Å². The first-order valence-electron chi connectivity index (χ1n) is 36.0. The number of benzene rings is 12. The summed E-state index contributed by atoms with van der Waals surface area (Å²) < 4.78 is 4.90. The quantitative estimate of drug-likeness (QED) is 0.0253. The third kappa shape index (κ3) is 31.4. The van der Waals surface area contributed by atoms with Crippen molar-refractivity contribution >= 4 is 158 Å². The number of aromatic nitrogens is 4. The first-order valence-corrected chi connectivity index (χ1v) is 43.1. The Balaban J connectivity index is 0.000000253. The summed E-state index contributed by atoms with van der Waals surface area (Å²) in [4.78, 5) is 44.0. The number of amides is 1. The van der Waals surface area contributed by atoms with Crippen molar-refractivity contribution in [2.45, 2.75) is 83.1 Å². The number of rotatable bonds is 15. The molecule has 0 bridgehead atoms. The number of hydrogen-bond donors (Lipinski definition) is 2. The molecule has 0 saturated heterocycles. The van der Waals surface area contributed by atoms with Crippen molar-refractivity contribution in [2.24, 2.45) is 5.73 Å². The van der Waals surface area contributed by atoms with Crippen LogP contribution < -0.4 is 42.2 Å². The Morgan fingerprint density at radius 2 is 0.635 bits per heavy atom. The number of nitrogens with two attached hydrogens (primary N) is 1. The monoisotopic (exact) mass is 1730 g/mol. The minimum absolute atomic E-state index is 0. The molecule has 14 aromatic rings. The zero-order valence-electron chi connectivity index (χ0n) is 67.6. The van der Waals surface area contributed by atoms with Crippen LogP contribution >= 0.6 is 46.5 Å². The van der Waals surface area contributed by atoms with Crippen LogP contribution in [-0.2, 0) is 35.3 Å². The van der Waals surface area contributed by atoms with Gasteiger partial charge in [-0.1, -0.05) is 299 Å². The molecule has 0 spiro atoms. The van der Waals surface area contributed by atoms with Gasteiger partial charge in [0, 0.05) is 86.9 Å².